The number of rotatable bonds is 3. The number of amides is 2. The van der Waals surface area contributed by atoms with Crippen LogP contribution < -0.4 is 10.6 Å². The van der Waals surface area contributed by atoms with Gasteiger partial charge in [0.1, 0.15) is 0 Å². The standard InChI is InChI=1S/C17H19N3OS.ClH/c21-17(20-12-10-18-11-13-20)19-15-8-4-5-9-16(15)22-14-6-2-1-3-7-14;/h1-9,18H,10-13H2,(H,19,21);1H/i10D2,11D2,12D2,13D2;. The summed E-state index contributed by atoms with van der Waals surface area (Å²) in [5.41, 5.74) is 0.252. The molecule has 2 amide bonds. The normalized spacial score (nSPS) is 27.9. The van der Waals surface area contributed by atoms with Crippen LogP contribution in [0.5, 0.6) is 0 Å². The Kier molecular flexibility index (Phi) is 3.67. The van der Waals surface area contributed by atoms with Gasteiger partial charge in [0.2, 0.25) is 0 Å². The van der Waals surface area contributed by atoms with Gasteiger partial charge in [-0.2, -0.15) is 0 Å². The van der Waals surface area contributed by atoms with E-state index in [2.05, 4.69) is 5.32 Å². The van der Waals surface area contributed by atoms with E-state index in [0.29, 0.717) is 4.90 Å². The summed E-state index contributed by atoms with van der Waals surface area (Å²) in [6.07, 6.45) is 0. The molecule has 0 saturated carbocycles. The number of piperazine rings is 1. The fraction of sp³-hybridized carbons (Fsp3) is 0.235. The molecule has 1 saturated heterocycles. The van der Waals surface area contributed by atoms with Crippen LogP contribution in [0.1, 0.15) is 11.0 Å². The van der Waals surface area contributed by atoms with Crippen molar-refractivity contribution in [1.29, 1.82) is 0 Å². The maximum Gasteiger partial charge on any atom is 0.321 e. The molecule has 4 nitrogen and oxygen atoms in total. The Morgan fingerprint density at radius 2 is 1.74 bits per heavy atom. The van der Waals surface area contributed by atoms with Crippen LogP contribution in [0.15, 0.2) is 64.4 Å². The molecule has 1 heterocycles. The minimum Gasteiger partial charge on any atom is -0.322 e. The molecular weight excluding hydrogens is 330 g/mol. The SMILES string of the molecule is Cl.[2H]C1([2H])NC([2H])([2H])C([2H])([2H])N(C(=O)Nc2ccccc2Sc2ccccc2)C1([2H])[2H]. The molecule has 0 bridgehead atoms. The number of halogens is 1. The molecule has 3 rings (SSSR count). The zero-order valence-corrected chi connectivity index (χ0v) is 13.5. The van der Waals surface area contributed by atoms with Gasteiger partial charge in [-0.25, -0.2) is 4.79 Å². The highest BCUT2D eigenvalue weighted by Gasteiger charge is 2.17. The van der Waals surface area contributed by atoms with E-state index in [1.165, 1.54) is 11.8 Å². The molecule has 1 fully saturated rings. The maximum atomic E-state index is 12.9. The quantitative estimate of drug-likeness (QED) is 0.880. The van der Waals surface area contributed by atoms with Crippen molar-refractivity contribution in [3.05, 3.63) is 54.6 Å². The van der Waals surface area contributed by atoms with E-state index in [1.54, 1.807) is 29.6 Å². The molecule has 1 aliphatic rings. The summed E-state index contributed by atoms with van der Waals surface area (Å²) < 4.78 is 63.3. The Hall–Kier alpha value is -1.69. The Morgan fingerprint density at radius 3 is 2.48 bits per heavy atom. The van der Waals surface area contributed by atoms with E-state index < -0.39 is 32.0 Å². The largest absolute Gasteiger partial charge is 0.322 e. The third kappa shape index (κ3) is 4.89. The lowest BCUT2D eigenvalue weighted by Gasteiger charge is -2.27. The van der Waals surface area contributed by atoms with Crippen molar-refractivity contribution in [2.24, 2.45) is 0 Å². The summed E-state index contributed by atoms with van der Waals surface area (Å²) in [6, 6.07) is 14.6. The van der Waals surface area contributed by atoms with Crippen molar-refractivity contribution in [3.8, 4) is 0 Å². The number of anilines is 1. The average Bonchev–Trinajstić information content (AvgIpc) is 2.62. The maximum absolute atomic E-state index is 12.9. The Balaban J connectivity index is 0.00000341. The van der Waals surface area contributed by atoms with E-state index in [9.17, 15) is 4.79 Å². The lowest BCUT2D eigenvalue weighted by Crippen LogP contribution is -2.48. The van der Waals surface area contributed by atoms with Crippen LogP contribution in [-0.4, -0.2) is 36.9 Å². The predicted molar refractivity (Wildman–Crippen MR) is 97.7 cm³/mol. The number of carbonyl (C=O) groups is 1. The minimum absolute atomic E-state index is 0. The van der Waals surface area contributed by atoms with Crippen molar-refractivity contribution in [2.75, 3.05) is 31.3 Å². The molecule has 23 heavy (non-hydrogen) atoms. The summed E-state index contributed by atoms with van der Waals surface area (Å²) in [5.74, 6) is 0. The van der Waals surface area contributed by atoms with Crippen molar-refractivity contribution < 1.29 is 15.8 Å². The number of para-hydroxylation sites is 1. The van der Waals surface area contributed by atoms with E-state index in [4.69, 9.17) is 11.0 Å². The van der Waals surface area contributed by atoms with Crippen LogP contribution in [0.2, 0.25) is 0 Å². The number of benzene rings is 2. The first-order valence-corrected chi connectivity index (χ1v) is 7.34. The van der Waals surface area contributed by atoms with Gasteiger partial charge in [0.05, 0.1) is 11.2 Å². The number of urea groups is 1. The van der Waals surface area contributed by atoms with Crippen LogP contribution in [0.3, 0.4) is 0 Å². The van der Waals surface area contributed by atoms with Gasteiger partial charge in [0.15, 0.2) is 0 Å². The van der Waals surface area contributed by atoms with Gasteiger partial charge in [-0.15, -0.1) is 12.4 Å². The first-order chi connectivity index (χ1) is 13.8. The molecule has 0 unspecified atom stereocenters. The van der Waals surface area contributed by atoms with E-state index in [0.717, 1.165) is 4.90 Å². The van der Waals surface area contributed by atoms with Gasteiger partial charge >= 0.3 is 6.03 Å². The monoisotopic (exact) mass is 357 g/mol. The number of hydrogen-bond donors (Lipinski definition) is 2. The second-order valence-corrected chi connectivity index (χ2v) is 5.39. The zero-order valence-electron chi connectivity index (χ0n) is 19.9. The third-order valence-electron chi connectivity index (χ3n) is 2.76. The van der Waals surface area contributed by atoms with Gasteiger partial charge in [0.25, 0.3) is 0 Å². The Morgan fingerprint density at radius 1 is 1.09 bits per heavy atom. The highest BCUT2D eigenvalue weighted by molar-refractivity contribution is 7.99. The van der Waals surface area contributed by atoms with Crippen LogP contribution in [-0.2, 0) is 0 Å². The summed E-state index contributed by atoms with van der Waals surface area (Å²) in [7, 11) is 0. The van der Waals surface area contributed by atoms with Crippen LogP contribution in [0.25, 0.3) is 0 Å². The van der Waals surface area contributed by atoms with E-state index >= 15 is 0 Å². The molecule has 6 heteroatoms. The first kappa shape index (κ1) is 9.57. The van der Waals surface area contributed by atoms with E-state index in [1.807, 2.05) is 30.3 Å². The fourth-order valence-corrected chi connectivity index (χ4v) is 2.70. The van der Waals surface area contributed by atoms with Gasteiger partial charge in [0, 0.05) is 41.3 Å². The van der Waals surface area contributed by atoms with Gasteiger partial charge < -0.3 is 15.5 Å². The molecule has 1 aliphatic heterocycles. The second-order valence-electron chi connectivity index (χ2n) is 4.28. The zero-order chi connectivity index (χ0) is 22.4. The van der Waals surface area contributed by atoms with Crippen molar-refractivity contribution >= 4 is 35.9 Å². The molecule has 0 atom stereocenters. The minimum atomic E-state index is -3.19. The van der Waals surface area contributed by atoms with Gasteiger partial charge in [-0.1, -0.05) is 42.1 Å². The highest BCUT2D eigenvalue weighted by atomic mass is 35.5. The number of carbonyl (C=O) groups excluding carboxylic acids is 1. The number of nitrogens with zero attached hydrogens (tertiary/aromatic N) is 1. The second kappa shape index (κ2) is 8.82. The van der Waals surface area contributed by atoms with Crippen molar-refractivity contribution in [3.63, 3.8) is 0 Å². The van der Waals surface area contributed by atoms with Crippen LogP contribution in [0, 0.1) is 0 Å². The Labute approximate surface area is 158 Å². The lowest BCUT2D eigenvalue weighted by molar-refractivity contribution is 0.204. The molecule has 2 aromatic carbocycles. The summed E-state index contributed by atoms with van der Waals surface area (Å²) in [4.78, 5) is 14.4. The number of hydrogen-bond acceptors (Lipinski definition) is 3. The smallest absolute Gasteiger partial charge is 0.321 e. The first-order valence-electron chi connectivity index (χ1n) is 10.5. The average molecular weight is 358 g/mol. The molecule has 2 N–H and O–H groups in total. The Bertz CT molecular complexity index is 922. The lowest BCUT2D eigenvalue weighted by atomic mass is 10.3. The van der Waals surface area contributed by atoms with Crippen molar-refractivity contribution in [2.45, 2.75) is 9.79 Å². The van der Waals surface area contributed by atoms with Gasteiger partial charge in [-0.3, -0.25) is 0 Å². The molecular formula is C17H20ClN3OS. The molecule has 0 aliphatic carbocycles. The van der Waals surface area contributed by atoms with Crippen LogP contribution in [0.4, 0.5) is 10.5 Å². The number of nitrogens with one attached hydrogen (secondary N) is 2. The van der Waals surface area contributed by atoms with Crippen LogP contribution >= 0.6 is 24.2 Å². The summed E-state index contributed by atoms with van der Waals surface area (Å²) in [5, 5.41) is 4.11. The summed E-state index contributed by atoms with van der Waals surface area (Å²) >= 11 is 1.32. The third-order valence-corrected chi connectivity index (χ3v) is 3.85. The van der Waals surface area contributed by atoms with Crippen molar-refractivity contribution in [1.82, 2.24) is 10.2 Å². The van der Waals surface area contributed by atoms with Gasteiger partial charge in [-0.05, 0) is 24.3 Å². The summed E-state index contributed by atoms with van der Waals surface area (Å²) in [6.45, 7) is -12.5. The van der Waals surface area contributed by atoms with E-state index in [-0.39, 0.29) is 23.0 Å². The molecule has 0 radical (unpaired) electrons. The molecule has 0 aromatic heterocycles. The molecule has 122 valence electrons. The fourth-order valence-electron chi connectivity index (χ4n) is 1.77. The molecule has 2 aromatic rings. The highest BCUT2D eigenvalue weighted by Crippen LogP contribution is 2.33. The predicted octanol–water partition coefficient (Wildman–Crippen LogP) is 3.70. The topological polar surface area (TPSA) is 44.4 Å². The molecule has 0 spiro atoms.